The van der Waals surface area contributed by atoms with E-state index in [-0.39, 0.29) is 23.9 Å². The van der Waals surface area contributed by atoms with Gasteiger partial charge < -0.3 is 9.47 Å². The van der Waals surface area contributed by atoms with Crippen molar-refractivity contribution in [2.24, 2.45) is 0 Å². The van der Waals surface area contributed by atoms with Gasteiger partial charge in [-0.2, -0.15) is 8.78 Å². The van der Waals surface area contributed by atoms with Crippen LogP contribution in [0.5, 0.6) is 17.2 Å². The minimum Gasteiger partial charge on any atom is -0.493 e. The smallest absolute Gasteiger partial charge is 0.205 e. The largest absolute Gasteiger partial charge is 0.493 e. The Hall–Kier alpha value is -2.25. The Balaban J connectivity index is 0.00000300. The van der Waals surface area contributed by atoms with Gasteiger partial charge in [-0.1, -0.05) is 30.7 Å². The number of methoxy groups -OCH3 is 1. The Bertz CT molecular complexity index is 841. The van der Waals surface area contributed by atoms with Gasteiger partial charge in [0.15, 0.2) is 23.1 Å². The Kier molecular flexibility index (Phi) is 8.34. The van der Waals surface area contributed by atoms with Gasteiger partial charge in [0.2, 0.25) is 17.4 Å². The van der Waals surface area contributed by atoms with Crippen LogP contribution >= 0.6 is 12.4 Å². The van der Waals surface area contributed by atoms with Crippen LogP contribution in [0.4, 0.5) is 17.6 Å². The summed E-state index contributed by atoms with van der Waals surface area (Å²) in [7, 11) is 1.34. The lowest BCUT2D eigenvalue weighted by atomic mass is 10.1. The van der Waals surface area contributed by atoms with Crippen LogP contribution in [0, 0.1) is 23.3 Å². The van der Waals surface area contributed by atoms with Crippen molar-refractivity contribution < 1.29 is 27.0 Å². The summed E-state index contributed by atoms with van der Waals surface area (Å²) in [6.07, 6.45) is 5.86. The van der Waals surface area contributed by atoms with Gasteiger partial charge in [-0.25, -0.2) is 8.78 Å². The summed E-state index contributed by atoms with van der Waals surface area (Å²) in [4.78, 5) is 2.11. The molecule has 29 heavy (non-hydrogen) atoms. The molecule has 3 nitrogen and oxygen atoms in total. The van der Waals surface area contributed by atoms with Gasteiger partial charge >= 0.3 is 0 Å². The first-order chi connectivity index (χ1) is 13.5. The Morgan fingerprint density at radius 1 is 0.897 bits per heavy atom. The molecule has 158 valence electrons. The summed E-state index contributed by atoms with van der Waals surface area (Å²) in [5, 5.41) is 0. The van der Waals surface area contributed by atoms with Gasteiger partial charge in [0, 0.05) is 6.54 Å². The molecule has 0 N–H and O–H groups in total. The van der Waals surface area contributed by atoms with Crippen molar-refractivity contribution in [2.45, 2.75) is 19.3 Å². The van der Waals surface area contributed by atoms with Crippen molar-refractivity contribution in [2.75, 3.05) is 26.7 Å². The van der Waals surface area contributed by atoms with Crippen molar-refractivity contribution >= 4 is 18.5 Å². The summed E-state index contributed by atoms with van der Waals surface area (Å²) < 4.78 is 67.7. The molecule has 1 aliphatic rings. The van der Waals surface area contributed by atoms with Gasteiger partial charge in [-0.05, 0) is 38.1 Å². The molecule has 0 amide bonds. The Morgan fingerprint density at radius 3 is 2.07 bits per heavy atom. The second-order valence-corrected chi connectivity index (χ2v) is 6.52. The molecule has 0 saturated carbocycles. The maximum atomic E-state index is 14.4. The highest BCUT2D eigenvalue weighted by Crippen LogP contribution is 2.37. The molecule has 2 aromatic carbocycles. The highest BCUT2D eigenvalue weighted by molar-refractivity contribution is 5.85. The molecule has 2 aromatic rings. The molecule has 3 rings (SSSR count). The minimum atomic E-state index is -1.59. The molecule has 1 fully saturated rings. The lowest BCUT2D eigenvalue weighted by Crippen LogP contribution is -2.29. The molecule has 1 heterocycles. The fraction of sp³-hybridized carbons (Fsp3) is 0.333. The van der Waals surface area contributed by atoms with Crippen molar-refractivity contribution in [3.05, 3.63) is 59.2 Å². The monoisotopic (exact) mass is 431 g/mol. The molecule has 1 saturated heterocycles. The Labute approximate surface area is 173 Å². The van der Waals surface area contributed by atoms with E-state index >= 15 is 0 Å². The number of hydrogen-bond acceptors (Lipinski definition) is 3. The maximum Gasteiger partial charge on any atom is 0.205 e. The van der Waals surface area contributed by atoms with Crippen molar-refractivity contribution in [3.8, 4) is 17.2 Å². The van der Waals surface area contributed by atoms with Crippen LogP contribution in [0.1, 0.15) is 24.8 Å². The van der Waals surface area contributed by atoms with E-state index in [0.29, 0.717) is 6.54 Å². The van der Waals surface area contributed by atoms with Crippen LogP contribution in [0.3, 0.4) is 0 Å². The summed E-state index contributed by atoms with van der Waals surface area (Å²) in [6.45, 7) is 2.25. The van der Waals surface area contributed by atoms with Crippen molar-refractivity contribution in [1.82, 2.24) is 4.90 Å². The number of hydrogen-bond donors (Lipinski definition) is 0. The molecular weight excluding hydrogens is 410 g/mol. The van der Waals surface area contributed by atoms with Crippen LogP contribution < -0.4 is 9.47 Å². The lowest BCUT2D eigenvalue weighted by molar-refractivity contribution is 0.252. The fourth-order valence-corrected chi connectivity index (χ4v) is 3.14. The van der Waals surface area contributed by atoms with Gasteiger partial charge in [-0.3, -0.25) is 4.90 Å². The second kappa shape index (κ2) is 10.5. The lowest BCUT2D eigenvalue weighted by Gasteiger charge is -2.24. The first-order valence-corrected chi connectivity index (χ1v) is 9.08. The van der Waals surface area contributed by atoms with Crippen molar-refractivity contribution in [1.29, 1.82) is 0 Å². The van der Waals surface area contributed by atoms with E-state index in [4.69, 9.17) is 9.47 Å². The maximum absolute atomic E-state index is 14.4. The van der Waals surface area contributed by atoms with E-state index < -0.39 is 34.6 Å². The number of piperidine rings is 1. The van der Waals surface area contributed by atoms with E-state index in [9.17, 15) is 17.6 Å². The molecule has 8 heteroatoms. The first-order valence-electron chi connectivity index (χ1n) is 9.08. The molecule has 0 unspecified atom stereocenters. The zero-order chi connectivity index (χ0) is 20.1. The van der Waals surface area contributed by atoms with E-state index in [2.05, 4.69) is 4.90 Å². The van der Waals surface area contributed by atoms with Crippen LogP contribution in [0.15, 0.2) is 30.3 Å². The highest BCUT2D eigenvalue weighted by Gasteiger charge is 2.26. The highest BCUT2D eigenvalue weighted by atomic mass is 35.5. The second-order valence-electron chi connectivity index (χ2n) is 6.52. The number of halogens is 5. The van der Waals surface area contributed by atoms with E-state index in [1.807, 2.05) is 0 Å². The van der Waals surface area contributed by atoms with Crippen LogP contribution in [-0.2, 0) is 0 Å². The molecule has 1 aliphatic heterocycles. The third-order valence-electron chi connectivity index (χ3n) is 4.63. The molecule has 0 bridgehead atoms. The zero-order valence-electron chi connectivity index (χ0n) is 15.9. The summed E-state index contributed by atoms with van der Waals surface area (Å²) in [5.41, 5.74) is -0.764. The molecular formula is C21H22ClF4NO2. The summed E-state index contributed by atoms with van der Waals surface area (Å²) >= 11 is 0. The quantitative estimate of drug-likeness (QED) is 0.416. The SMILES string of the molecule is COc1ccccc1Oc1c(F)c(F)c(/C=C/CN2CCCCC2)c(F)c1F.Cl. The number of nitrogens with zero attached hydrogens (tertiary/aromatic N) is 1. The third kappa shape index (κ3) is 5.22. The number of para-hydroxylation sites is 2. The molecule has 0 spiro atoms. The zero-order valence-corrected chi connectivity index (χ0v) is 16.7. The predicted octanol–water partition coefficient (Wildman–Crippen LogP) is 5.96. The van der Waals surface area contributed by atoms with Gasteiger partial charge in [0.25, 0.3) is 0 Å². The number of benzene rings is 2. The predicted molar refractivity (Wildman–Crippen MR) is 106 cm³/mol. The van der Waals surface area contributed by atoms with Gasteiger partial charge in [0.1, 0.15) is 0 Å². The Morgan fingerprint density at radius 2 is 1.48 bits per heavy atom. The fourth-order valence-electron chi connectivity index (χ4n) is 3.14. The minimum absolute atomic E-state index is 0. The molecule has 0 radical (unpaired) electrons. The van der Waals surface area contributed by atoms with Gasteiger partial charge in [0.05, 0.1) is 12.7 Å². The normalized spacial score (nSPS) is 14.7. The average molecular weight is 432 g/mol. The number of rotatable bonds is 6. The molecule has 0 atom stereocenters. The molecule has 0 aromatic heterocycles. The first kappa shape index (κ1) is 23.0. The van der Waals surface area contributed by atoms with Crippen molar-refractivity contribution in [3.63, 3.8) is 0 Å². The number of ether oxygens (including phenoxy) is 2. The topological polar surface area (TPSA) is 21.7 Å². The van der Waals surface area contributed by atoms with Crippen LogP contribution in [-0.4, -0.2) is 31.6 Å². The van der Waals surface area contributed by atoms with E-state index in [0.717, 1.165) is 38.4 Å². The van der Waals surface area contributed by atoms with Gasteiger partial charge in [-0.15, -0.1) is 12.4 Å². The summed E-state index contributed by atoms with van der Waals surface area (Å²) in [6, 6.07) is 6.03. The third-order valence-corrected chi connectivity index (χ3v) is 4.63. The standard InChI is InChI=1S/C21H21F4NO2.ClH/c1-27-15-9-3-4-10-16(15)28-21-19(24)17(22)14(18(23)20(21)25)8-7-13-26-11-5-2-6-12-26;/h3-4,7-10H,2,5-6,11-13H2,1H3;1H/b8-7+;. The van der Waals surface area contributed by atoms with E-state index in [1.165, 1.54) is 31.4 Å². The number of likely N-dealkylation sites (tertiary alicyclic amines) is 1. The van der Waals surface area contributed by atoms with Crippen LogP contribution in [0.2, 0.25) is 0 Å². The molecule has 0 aliphatic carbocycles. The van der Waals surface area contributed by atoms with E-state index in [1.54, 1.807) is 6.07 Å². The average Bonchev–Trinajstić information content (AvgIpc) is 2.73. The summed E-state index contributed by atoms with van der Waals surface area (Å²) in [5.74, 6) is -7.22. The van der Waals surface area contributed by atoms with Crippen LogP contribution in [0.25, 0.3) is 6.08 Å².